The van der Waals surface area contributed by atoms with Crippen LogP contribution < -0.4 is 5.32 Å². The summed E-state index contributed by atoms with van der Waals surface area (Å²) in [5.74, 6) is 0. The van der Waals surface area contributed by atoms with Gasteiger partial charge in [-0.2, -0.15) is 5.10 Å². The first-order valence-corrected chi connectivity index (χ1v) is 6.24. The van der Waals surface area contributed by atoms with Crippen LogP contribution in [-0.4, -0.2) is 14.8 Å². The first-order chi connectivity index (χ1) is 8.08. The second-order valence-electron chi connectivity index (χ2n) is 4.08. The van der Waals surface area contributed by atoms with E-state index in [4.69, 9.17) is 0 Å². The molecule has 5 heteroatoms. The Bertz CT molecular complexity index is 521. The van der Waals surface area contributed by atoms with Crippen LogP contribution in [0.15, 0.2) is 29.1 Å². The van der Waals surface area contributed by atoms with Crippen molar-refractivity contribution in [1.29, 1.82) is 0 Å². The summed E-state index contributed by atoms with van der Waals surface area (Å²) < 4.78 is 2.76. The molecule has 0 aliphatic heterocycles. The van der Waals surface area contributed by atoms with E-state index in [0.717, 1.165) is 21.5 Å². The molecule has 0 amide bonds. The van der Waals surface area contributed by atoms with Crippen molar-refractivity contribution in [3.05, 3.63) is 40.4 Å². The van der Waals surface area contributed by atoms with Gasteiger partial charge in [0.05, 0.1) is 23.6 Å². The number of pyridine rings is 1. The monoisotopic (exact) mass is 294 g/mol. The lowest BCUT2D eigenvalue weighted by Gasteiger charge is -2.15. The number of hydrogen-bond acceptors (Lipinski definition) is 3. The third-order valence-electron chi connectivity index (χ3n) is 2.70. The van der Waals surface area contributed by atoms with E-state index >= 15 is 0 Å². The van der Waals surface area contributed by atoms with Crippen LogP contribution in [0.1, 0.15) is 24.2 Å². The molecular weight excluding hydrogens is 280 g/mol. The van der Waals surface area contributed by atoms with Gasteiger partial charge < -0.3 is 5.32 Å². The first kappa shape index (κ1) is 12.1. The summed E-state index contributed by atoms with van der Waals surface area (Å²) >= 11 is 3.39. The molecule has 1 unspecified atom stereocenters. The normalized spacial score (nSPS) is 12.5. The van der Waals surface area contributed by atoms with Gasteiger partial charge in [-0.15, -0.1) is 0 Å². The molecule has 17 heavy (non-hydrogen) atoms. The van der Waals surface area contributed by atoms with E-state index in [1.165, 1.54) is 0 Å². The lowest BCUT2D eigenvalue weighted by atomic mass is 10.2. The van der Waals surface area contributed by atoms with E-state index < -0.39 is 0 Å². The van der Waals surface area contributed by atoms with Gasteiger partial charge in [0, 0.05) is 13.2 Å². The van der Waals surface area contributed by atoms with Gasteiger partial charge in [-0.05, 0) is 47.5 Å². The van der Waals surface area contributed by atoms with Gasteiger partial charge >= 0.3 is 0 Å². The highest BCUT2D eigenvalue weighted by molar-refractivity contribution is 9.10. The molecule has 0 spiro atoms. The van der Waals surface area contributed by atoms with E-state index in [0.29, 0.717) is 0 Å². The molecule has 0 fully saturated rings. The molecule has 0 aliphatic rings. The lowest BCUT2D eigenvalue weighted by Crippen LogP contribution is -2.11. The van der Waals surface area contributed by atoms with Crippen molar-refractivity contribution < 1.29 is 0 Å². The fourth-order valence-electron chi connectivity index (χ4n) is 1.77. The smallest absolute Gasteiger partial charge is 0.109 e. The predicted molar refractivity (Wildman–Crippen MR) is 71.9 cm³/mol. The van der Waals surface area contributed by atoms with Crippen LogP contribution in [0.5, 0.6) is 0 Å². The van der Waals surface area contributed by atoms with E-state index in [9.17, 15) is 0 Å². The van der Waals surface area contributed by atoms with Gasteiger partial charge in [0.1, 0.15) is 4.60 Å². The highest BCUT2D eigenvalue weighted by Gasteiger charge is 2.09. The summed E-state index contributed by atoms with van der Waals surface area (Å²) in [6, 6.07) is 4.28. The van der Waals surface area contributed by atoms with Gasteiger partial charge in [0.2, 0.25) is 0 Å². The summed E-state index contributed by atoms with van der Waals surface area (Å²) in [6.07, 6.45) is 3.63. The van der Waals surface area contributed by atoms with Gasteiger partial charge in [-0.1, -0.05) is 0 Å². The quantitative estimate of drug-likeness (QED) is 0.885. The molecule has 0 saturated heterocycles. The molecule has 0 aromatic carbocycles. The average molecular weight is 295 g/mol. The lowest BCUT2D eigenvalue weighted by molar-refractivity contribution is 0.675. The summed E-state index contributed by atoms with van der Waals surface area (Å²) in [4.78, 5) is 4.27. The molecule has 2 aromatic rings. The second-order valence-corrected chi connectivity index (χ2v) is 4.83. The number of rotatable bonds is 3. The van der Waals surface area contributed by atoms with Crippen LogP contribution in [0.25, 0.3) is 0 Å². The van der Waals surface area contributed by atoms with Crippen molar-refractivity contribution in [2.75, 3.05) is 5.32 Å². The Kier molecular flexibility index (Phi) is 3.47. The number of anilines is 1. The standard InChI is InChI=1S/C12H15BrN4/c1-8-6-10(7-14-12(8)13)16-9(2)11-4-5-15-17(11)3/h4-7,9,16H,1-3H3. The van der Waals surface area contributed by atoms with E-state index in [1.54, 1.807) is 6.20 Å². The maximum absolute atomic E-state index is 4.27. The molecule has 2 heterocycles. The molecule has 4 nitrogen and oxygen atoms in total. The van der Waals surface area contributed by atoms with Gasteiger partial charge in [0.25, 0.3) is 0 Å². The summed E-state index contributed by atoms with van der Waals surface area (Å²) in [7, 11) is 1.94. The van der Waals surface area contributed by atoms with E-state index in [1.807, 2.05) is 30.9 Å². The minimum absolute atomic E-state index is 0.199. The zero-order valence-electron chi connectivity index (χ0n) is 10.1. The number of aromatic nitrogens is 3. The van der Waals surface area contributed by atoms with Gasteiger partial charge in [-0.3, -0.25) is 4.68 Å². The topological polar surface area (TPSA) is 42.7 Å². The third-order valence-corrected chi connectivity index (χ3v) is 3.53. The molecule has 0 aliphatic carbocycles. The molecule has 2 aromatic heterocycles. The average Bonchev–Trinajstić information content (AvgIpc) is 2.70. The zero-order chi connectivity index (χ0) is 12.4. The summed E-state index contributed by atoms with van der Waals surface area (Å²) in [5, 5.41) is 7.57. The molecule has 2 rings (SSSR count). The Morgan fingerprint density at radius 3 is 2.82 bits per heavy atom. The largest absolute Gasteiger partial charge is 0.376 e. The molecule has 0 radical (unpaired) electrons. The van der Waals surface area contributed by atoms with Crippen molar-refractivity contribution in [2.45, 2.75) is 19.9 Å². The van der Waals surface area contributed by atoms with Gasteiger partial charge in [0.15, 0.2) is 0 Å². The van der Waals surface area contributed by atoms with Crippen molar-refractivity contribution >= 4 is 21.6 Å². The minimum atomic E-state index is 0.199. The van der Waals surface area contributed by atoms with E-state index in [-0.39, 0.29) is 6.04 Å². The van der Waals surface area contributed by atoms with Crippen LogP contribution in [0.4, 0.5) is 5.69 Å². The van der Waals surface area contributed by atoms with E-state index in [2.05, 4.69) is 44.3 Å². The molecule has 1 N–H and O–H groups in total. The SMILES string of the molecule is Cc1cc(NC(C)c2ccnn2C)cnc1Br. The fraction of sp³-hybridized carbons (Fsp3) is 0.333. The second kappa shape index (κ2) is 4.87. The molecular formula is C12H15BrN4. The molecule has 0 bridgehead atoms. The maximum Gasteiger partial charge on any atom is 0.109 e. The summed E-state index contributed by atoms with van der Waals surface area (Å²) in [5.41, 5.74) is 3.28. The van der Waals surface area contributed by atoms with Crippen LogP contribution in [0.3, 0.4) is 0 Å². The van der Waals surface area contributed by atoms with Crippen molar-refractivity contribution in [1.82, 2.24) is 14.8 Å². The Hall–Kier alpha value is -1.36. The summed E-state index contributed by atoms with van der Waals surface area (Å²) in [6.45, 7) is 4.13. The highest BCUT2D eigenvalue weighted by Crippen LogP contribution is 2.21. The van der Waals surface area contributed by atoms with Crippen LogP contribution in [0, 0.1) is 6.92 Å². The Morgan fingerprint density at radius 1 is 1.47 bits per heavy atom. The zero-order valence-corrected chi connectivity index (χ0v) is 11.7. The Morgan fingerprint density at radius 2 is 2.24 bits per heavy atom. The van der Waals surface area contributed by atoms with Crippen LogP contribution in [-0.2, 0) is 7.05 Å². The number of hydrogen-bond donors (Lipinski definition) is 1. The van der Waals surface area contributed by atoms with Gasteiger partial charge in [-0.25, -0.2) is 4.98 Å². The van der Waals surface area contributed by atoms with Crippen molar-refractivity contribution in [3.8, 4) is 0 Å². The molecule has 0 saturated carbocycles. The maximum atomic E-state index is 4.27. The number of nitrogens with zero attached hydrogens (tertiary/aromatic N) is 3. The first-order valence-electron chi connectivity index (χ1n) is 5.44. The van der Waals surface area contributed by atoms with Crippen LogP contribution in [0.2, 0.25) is 0 Å². The van der Waals surface area contributed by atoms with Crippen LogP contribution >= 0.6 is 15.9 Å². The number of halogens is 1. The predicted octanol–water partition coefficient (Wildman–Crippen LogP) is 3.06. The highest BCUT2D eigenvalue weighted by atomic mass is 79.9. The Labute approximate surface area is 109 Å². The third kappa shape index (κ3) is 2.66. The van der Waals surface area contributed by atoms with Crippen molar-refractivity contribution in [2.24, 2.45) is 7.05 Å². The molecule has 1 atom stereocenters. The fourth-order valence-corrected chi connectivity index (χ4v) is 1.99. The minimum Gasteiger partial charge on any atom is -0.376 e. The number of nitrogens with one attached hydrogen (secondary N) is 1. The number of aryl methyl sites for hydroxylation is 2. The van der Waals surface area contributed by atoms with Crippen molar-refractivity contribution in [3.63, 3.8) is 0 Å². The molecule has 90 valence electrons. The Balaban J connectivity index is 2.16.